The van der Waals surface area contributed by atoms with Gasteiger partial charge in [-0.25, -0.2) is 0 Å². The van der Waals surface area contributed by atoms with Gasteiger partial charge in [-0.05, 0) is 18.3 Å². The van der Waals surface area contributed by atoms with E-state index in [1.54, 1.807) is 0 Å². The van der Waals surface area contributed by atoms with Gasteiger partial charge in [0.1, 0.15) is 0 Å². The van der Waals surface area contributed by atoms with Crippen molar-refractivity contribution in [3.8, 4) is 0 Å². The number of amidine groups is 1. The maximum Gasteiger partial charge on any atom is 0.153 e. The van der Waals surface area contributed by atoms with Crippen LogP contribution >= 0.6 is 0 Å². The van der Waals surface area contributed by atoms with Crippen LogP contribution in [-0.4, -0.2) is 47.3 Å². The second-order valence-electron chi connectivity index (χ2n) is 4.86. The average Bonchev–Trinajstić information content (AvgIpc) is 2.56. The maximum absolute atomic E-state index is 9.34. The molecular formula is C10H19N3O2. The zero-order valence-electron chi connectivity index (χ0n) is 8.89. The SMILES string of the molecule is NC(CN1C[C@H](CO)C2(CCC2)C1)=NO. The van der Waals surface area contributed by atoms with Crippen LogP contribution in [0.15, 0.2) is 5.16 Å². The molecule has 1 saturated heterocycles. The molecule has 1 aliphatic heterocycles. The van der Waals surface area contributed by atoms with Gasteiger partial charge in [-0.3, -0.25) is 4.90 Å². The van der Waals surface area contributed by atoms with E-state index >= 15 is 0 Å². The molecular weight excluding hydrogens is 194 g/mol. The topological polar surface area (TPSA) is 82.1 Å². The van der Waals surface area contributed by atoms with Crippen molar-refractivity contribution in [2.75, 3.05) is 26.2 Å². The highest BCUT2D eigenvalue weighted by Gasteiger charge is 2.49. The van der Waals surface area contributed by atoms with E-state index in [1.807, 2.05) is 0 Å². The lowest BCUT2D eigenvalue weighted by Crippen LogP contribution is -2.39. The maximum atomic E-state index is 9.34. The van der Waals surface area contributed by atoms with Crippen LogP contribution in [-0.2, 0) is 0 Å². The zero-order chi connectivity index (χ0) is 10.9. The number of nitrogens with zero attached hydrogens (tertiary/aromatic N) is 2. The molecule has 0 bridgehead atoms. The predicted molar refractivity (Wildman–Crippen MR) is 56.7 cm³/mol. The molecule has 1 heterocycles. The first-order valence-corrected chi connectivity index (χ1v) is 5.50. The molecule has 0 aromatic carbocycles. The van der Waals surface area contributed by atoms with Gasteiger partial charge in [0.05, 0.1) is 6.54 Å². The third kappa shape index (κ3) is 1.81. The minimum Gasteiger partial charge on any atom is -0.409 e. The summed E-state index contributed by atoms with van der Waals surface area (Å²) in [7, 11) is 0. The van der Waals surface area contributed by atoms with Crippen LogP contribution < -0.4 is 5.73 Å². The van der Waals surface area contributed by atoms with Gasteiger partial charge in [0.25, 0.3) is 0 Å². The summed E-state index contributed by atoms with van der Waals surface area (Å²) in [4.78, 5) is 2.18. The molecule has 2 rings (SSSR count). The normalized spacial score (nSPS) is 30.7. The Morgan fingerprint density at radius 1 is 1.53 bits per heavy atom. The van der Waals surface area contributed by atoms with Crippen molar-refractivity contribution in [2.45, 2.75) is 19.3 Å². The quantitative estimate of drug-likeness (QED) is 0.263. The Bertz CT molecular complexity index is 263. The highest BCUT2D eigenvalue weighted by Crippen LogP contribution is 2.51. The standard InChI is InChI=1S/C10H19N3O2/c11-9(12-15)5-13-4-8(6-14)10(7-13)2-1-3-10/h8,14-15H,1-7H2,(H2,11,12)/t8-/m1/s1. The number of hydrogen-bond donors (Lipinski definition) is 3. The second-order valence-corrected chi connectivity index (χ2v) is 4.86. The van der Waals surface area contributed by atoms with Crippen molar-refractivity contribution in [1.82, 2.24) is 4.90 Å². The van der Waals surface area contributed by atoms with Gasteiger partial charge in [-0.2, -0.15) is 0 Å². The number of hydrogen-bond acceptors (Lipinski definition) is 4. The van der Waals surface area contributed by atoms with Gasteiger partial charge >= 0.3 is 0 Å². The van der Waals surface area contributed by atoms with Gasteiger partial charge in [-0.1, -0.05) is 11.6 Å². The van der Waals surface area contributed by atoms with Crippen LogP contribution in [0.25, 0.3) is 0 Å². The molecule has 4 N–H and O–H groups in total. The molecule has 2 aliphatic rings. The van der Waals surface area contributed by atoms with Crippen molar-refractivity contribution in [1.29, 1.82) is 0 Å². The minimum absolute atomic E-state index is 0.253. The Kier molecular flexibility index (Phi) is 2.84. The molecule has 86 valence electrons. The number of oxime groups is 1. The molecule has 2 fully saturated rings. The Morgan fingerprint density at radius 2 is 2.27 bits per heavy atom. The van der Waals surface area contributed by atoms with Gasteiger partial charge < -0.3 is 16.0 Å². The first-order valence-electron chi connectivity index (χ1n) is 5.50. The fourth-order valence-electron chi connectivity index (χ4n) is 2.97. The average molecular weight is 213 g/mol. The number of aliphatic hydroxyl groups is 1. The molecule has 1 saturated carbocycles. The summed E-state index contributed by atoms with van der Waals surface area (Å²) in [5.41, 5.74) is 5.81. The summed E-state index contributed by atoms with van der Waals surface area (Å²) >= 11 is 0. The molecule has 0 aromatic heterocycles. The van der Waals surface area contributed by atoms with Crippen molar-refractivity contribution in [3.63, 3.8) is 0 Å². The van der Waals surface area contributed by atoms with Gasteiger partial charge in [-0.15, -0.1) is 0 Å². The van der Waals surface area contributed by atoms with E-state index in [4.69, 9.17) is 10.9 Å². The summed E-state index contributed by atoms with van der Waals surface area (Å²) in [5.74, 6) is 0.626. The van der Waals surface area contributed by atoms with E-state index in [2.05, 4.69) is 10.1 Å². The van der Waals surface area contributed by atoms with E-state index in [0.717, 1.165) is 13.1 Å². The Hall–Kier alpha value is -0.810. The number of aliphatic hydroxyl groups excluding tert-OH is 1. The lowest BCUT2D eigenvalue weighted by molar-refractivity contribution is 0.0546. The van der Waals surface area contributed by atoms with Crippen molar-refractivity contribution in [3.05, 3.63) is 0 Å². The fourth-order valence-corrected chi connectivity index (χ4v) is 2.97. The fraction of sp³-hybridized carbons (Fsp3) is 0.900. The summed E-state index contributed by atoms with van der Waals surface area (Å²) < 4.78 is 0. The van der Waals surface area contributed by atoms with E-state index < -0.39 is 0 Å². The molecule has 0 radical (unpaired) electrons. The lowest BCUT2D eigenvalue weighted by atomic mass is 9.63. The Labute approximate surface area is 89.5 Å². The molecule has 1 atom stereocenters. The highest BCUT2D eigenvalue weighted by molar-refractivity contribution is 5.81. The van der Waals surface area contributed by atoms with Gasteiger partial charge in [0.2, 0.25) is 0 Å². The second kappa shape index (κ2) is 3.98. The van der Waals surface area contributed by atoms with Crippen LogP contribution in [0.1, 0.15) is 19.3 Å². The lowest BCUT2D eigenvalue weighted by Gasteiger charge is -2.42. The molecule has 1 spiro atoms. The molecule has 1 aliphatic carbocycles. The highest BCUT2D eigenvalue weighted by atomic mass is 16.4. The largest absolute Gasteiger partial charge is 0.409 e. The minimum atomic E-state index is 0.253. The number of likely N-dealkylation sites (tertiary alicyclic amines) is 1. The molecule has 15 heavy (non-hydrogen) atoms. The monoisotopic (exact) mass is 213 g/mol. The molecule has 0 unspecified atom stereocenters. The van der Waals surface area contributed by atoms with Gasteiger partial charge in [0, 0.05) is 25.6 Å². The molecule has 5 heteroatoms. The van der Waals surface area contributed by atoms with Crippen molar-refractivity contribution >= 4 is 5.84 Å². The zero-order valence-corrected chi connectivity index (χ0v) is 8.89. The molecule has 0 amide bonds. The summed E-state index contributed by atoms with van der Waals surface area (Å²) in [6.07, 6.45) is 3.70. The first kappa shape index (κ1) is 10.7. The summed E-state index contributed by atoms with van der Waals surface area (Å²) in [6.45, 7) is 2.61. The Morgan fingerprint density at radius 3 is 2.67 bits per heavy atom. The van der Waals surface area contributed by atoms with E-state index in [9.17, 15) is 5.11 Å². The smallest absolute Gasteiger partial charge is 0.153 e. The predicted octanol–water partition coefficient (Wildman–Crippen LogP) is -0.173. The van der Waals surface area contributed by atoms with Gasteiger partial charge in [0.15, 0.2) is 5.84 Å². The third-order valence-corrected chi connectivity index (χ3v) is 3.97. The first-order chi connectivity index (χ1) is 7.20. The van der Waals surface area contributed by atoms with E-state index in [-0.39, 0.29) is 12.4 Å². The van der Waals surface area contributed by atoms with Crippen LogP contribution in [0.2, 0.25) is 0 Å². The van der Waals surface area contributed by atoms with E-state index in [0.29, 0.717) is 17.9 Å². The van der Waals surface area contributed by atoms with E-state index in [1.165, 1.54) is 19.3 Å². The van der Waals surface area contributed by atoms with Crippen LogP contribution in [0.5, 0.6) is 0 Å². The summed E-state index contributed by atoms with van der Waals surface area (Å²) in [6, 6.07) is 0. The van der Waals surface area contributed by atoms with Crippen LogP contribution in [0.3, 0.4) is 0 Å². The Balaban J connectivity index is 1.96. The van der Waals surface area contributed by atoms with Crippen LogP contribution in [0, 0.1) is 11.3 Å². The molecule has 0 aromatic rings. The third-order valence-electron chi connectivity index (χ3n) is 3.97. The summed E-state index contributed by atoms with van der Waals surface area (Å²) in [5, 5.41) is 20.8. The van der Waals surface area contributed by atoms with Crippen molar-refractivity contribution in [2.24, 2.45) is 22.2 Å². The molecule has 5 nitrogen and oxygen atoms in total. The number of rotatable bonds is 3. The van der Waals surface area contributed by atoms with Crippen LogP contribution in [0.4, 0.5) is 0 Å². The number of nitrogens with two attached hydrogens (primary N) is 1. The van der Waals surface area contributed by atoms with Crippen molar-refractivity contribution < 1.29 is 10.3 Å².